The molecule has 1 aromatic carbocycles. The number of fused-ring (bicyclic) bond motifs is 1. The van der Waals surface area contributed by atoms with Crippen LogP contribution in [0, 0.1) is 0 Å². The number of carbonyl (C=O) groups is 1. The second-order valence-corrected chi connectivity index (χ2v) is 6.97. The minimum Gasteiger partial charge on any atom is -0.486 e. The van der Waals surface area contributed by atoms with Gasteiger partial charge in [0.2, 0.25) is 5.91 Å². The molecule has 1 N–H and O–H groups in total. The van der Waals surface area contributed by atoms with Gasteiger partial charge in [0, 0.05) is 13.6 Å². The second-order valence-electron chi connectivity index (χ2n) is 6.02. The number of aromatic amines is 1. The lowest BCUT2D eigenvalue weighted by Gasteiger charge is -2.29. The van der Waals surface area contributed by atoms with E-state index in [0.717, 1.165) is 12.2 Å². The van der Waals surface area contributed by atoms with E-state index in [4.69, 9.17) is 9.47 Å². The number of benzene rings is 1. The summed E-state index contributed by atoms with van der Waals surface area (Å²) in [7, 11) is 1.73. The number of nitrogens with zero attached hydrogens (tertiary/aromatic N) is 3. The van der Waals surface area contributed by atoms with Gasteiger partial charge >= 0.3 is 5.69 Å². The Kier molecular flexibility index (Phi) is 5.87. The van der Waals surface area contributed by atoms with Crippen LogP contribution in [0.2, 0.25) is 0 Å². The Morgan fingerprint density at radius 3 is 2.96 bits per heavy atom. The summed E-state index contributed by atoms with van der Waals surface area (Å²) >= 11 is 1.25. The van der Waals surface area contributed by atoms with Gasteiger partial charge in [0.1, 0.15) is 6.61 Å². The number of thioether (sulfide) groups is 1. The molecule has 1 atom stereocenters. The summed E-state index contributed by atoms with van der Waals surface area (Å²) in [5, 5.41) is 6.94. The van der Waals surface area contributed by atoms with Crippen LogP contribution in [0.3, 0.4) is 0 Å². The minimum absolute atomic E-state index is 0.0593. The SMILES string of the molecule is CCCn1c(SCC(=O)N(C)CC2COc3ccccc3O2)n[nH]c1=O. The van der Waals surface area contributed by atoms with Crippen molar-refractivity contribution in [3.8, 4) is 11.5 Å². The standard InChI is InChI=1S/C17H22N4O4S/c1-3-8-21-16(23)18-19-17(21)26-11-15(22)20(2)9-12-10-24-13-6-4-5-7-14(13)25-12/h4-7,12H,3,8-11H2,1-2H3,(H,18,23). The van der Waals surface area contributed by atoms with Crippen LogP contribution >= 0.6 is 11.8 Å². The first-order valence-corrected chi connectivity index (χ1v) is 9.47. The Hall–Kier alpha value is -2.42. The van der Waals surface area contributed by atoms with Crippen LogP contribution in [0.5, 0.6) is 11.5 Å². The molecule has 140 valence electrons. The van der Waals surface area contributed by atoms with E-state index in [0.29, 0.717) is 30.6 Å². The molecule has 0 saturated heterocycles. The molecule has 2 heterocycles. The van der Waals surface area contributed by atoms with Crippen LogP contribution < -0.4 is 15.2 Å². The predicted octanol–water partition coefficient (Wildman–Crippen LogP) is 1.37. The third kappa shape index (κ3) is 4.21. The molecule has 26 heavy (non-hydrogen) atoms. The highest BCUT2D eigenvalue weighted by atomic mass is 32.2. The molecule has 0 saturated carbocycles. The molecule has 1 aliphatic heterocycles. The van der Waals surface area contributed by atoms with Gasteiger partial charge in [-0.1, -0.05) is 30.8 Å². The number of H-pyrrole nitrogens is 1. The van der Waals surface area contributed by atoms with Crippen LogP contribution in [0.25, 0.3) is 0 Å². The topological polar surface area (TPSA) is 89.4 Å². The predicted molar refractivity (Wildman–Crippen MR) is 97.9 cm³/mol. The third-order valence-corrected chi connectivity index (χ3v) is 4.93. The number of aromatic nitrogens is 3. The monoisotopic (exact) mass is 378 g/mol. The summed E-state index contributed by atoms with van der Waals surface area (Å²) in [6, 6.07) is 7.48. The van der Waals surface area contributed by atoms with E-state index in [1.165, 1.54) is 11.8 Å². The third-order valence-electron chi connectivity index (χ3n) is 3.97. The van der Waals surface area contributed by atoms with Gasteiger partial charge < -0.3 is 14.4 Å². The molecule has 0 radical (unpaired) electrons. The molecular formula is C17H22N4O4S. The number of carbonyl (C=O) groups excluding carboxylic acids is 1. The molecule has 0 bridgehead atoms. The van der Waals surface area contributed by atoms with Gasteiger partial charge in [-0.3, -0.25) is 9.36 Å². The maximum absolute atomic E-state index is 12.4. The van der Waals surface area contributed by atoms with Crippen molar-refractivity contribution in [2.75, 3.05) is 26.0 Å². The number of hydrogen-bond donors (Lipinski definition) is 1. The molecule has 1 unspecified atom stereocenters. The lowest BCUT2D eigenvalue weighted by molar-refractivity contribution is -0.128. The van der Waals surface area contributed by atoms with Gasteiger partial charge in [-0.25, -0.2) is 9.89 Å². The first kappa shape index (κ1) is 18.4. The summed E-state index contributed by atoms with van der Waals surface area (Å²) in [6.07, 6.45) is 0.606. The maximum atomic E-state index is 12.4. The summed E-state index contributed by atoms with van der Waals surface area (Å²) in [6.45, 7) is 3.39. The van der Waals surface area contributed by atoms with E-state index < -0.39 is 0 Å². The Balaban J connectivity index is 1.52. The highest BCUT2D eigenvalue weighted by molar-refractivity contribution is 7.99. The van der Waals surface area contributed by atoms with E-state index >= 15 is 0 Å². The van der Waals surface area contributed by atoms with E-state index in [1.807, 2.05) is 31.2 Å². The van der Waals surface area contributed by atoms with Crippen LogP contribution in [0.1, 0.15) is 13.3 Å². The number of hydrogen-bond acceptors (Lipinski definition) is 6. The summed E-state index contributed by atoms with van der Waals surface area (Å²) in [4.78, 5) is 25.7. The average molecular weight is 378 g/mol. The van der Waals surface area contributed by atoms with Crippen molar-refractivity contribution in [3.05, 3.63) is 34.7 Å². The normalized spacial score (nSPS) is 15.7. The van der Waals surface area contributed by atoms with Gasteiger partial charge in [-0.15, -0.1) is 5.10 Å². The lowest BCUT2D eigenvalue weighted by atomic mass is 10.2. The van der Waals surface area contributed by atoms with Crippen molar-refractivity contribution < 1.29 is 14.3 Å². The number of likely N-dealkylation sites (N-methyl/N-ethyl adjacent to an activating group) is 1. The summed E-state index contributed by atoms with van der Waals surface area (Å²) in [5.41, 5.74) is -0.249. The van der Waals surface area contributed by atoms with Crippen molar-refractivity contribution in [1.29, 1.82) is 0 Å². The largest absolute Gasteiger partial charge is 0.486 e. The Labute approximate surface area is 155 Å². The van der Waals surface area contributed by atoms with E-state index in [9.17, 15) is 9.59 Å². The first-order valence-electron chi connectivity index (χ1n) is 8.49. The molecule has 9 heteroatoms. The van der Waals surface area contributed by atoms with Gasteiger partial charge in [-0.2, -0.15) is 0 Å². The molecular weight excluding hydrogens is 356 g/mol. The van der Waals surface area contributed by atoms with Crippen LogP contribution in [-0.2, 0) is 11.3 Å². The highest BCUT2D eigenvalue weighted by Gasteiger charge is 2.24. The molecule has 2 aromatic rings. The highest BCUT2D eigenvalue weighted by Crippen LogP contribution is 2.31. The molecule has 0 spiro atoms. The van der Waals surface area contributed by atoms with Gasteiger partial charge in [-0.05, 0) is 18.6 Å². The fourth-order valence-electron chi connectivity index (χ4n) is 2.63. The van der Waals surface area contributed by atoms with E-state index in [2.05, 4.69) is 10.2 Å². The van der Waals surface area contributed by atoms with Gasteiger partial charge in [0.05, 0.1) is 12.3 Å². The van der Waals surface area contributed by atoms with Crippen LogP contribution in [0.4, 0.5) is 0 Å². The van der Waals surface area contributed by atoms with Crippen molar-refractivity contribution in [2.45, 2.75) is 31.1 Å². The smallest absolute Gasteiger partial charge is 0.343 e. The zero-order chi connectivity index (χ0) is 18.5. The fraction of sp³-hybridized carbons (Fsp3) is 0.471. The van der Waals surface area contributed by atoms with Gasteiger partial charge in [0.15, 0.2) is 22.8 Å². The maximum Gasteiger partial charge on any atom is 0.343 e. The molecule has 0 fully saturated rings. The minimum atomic E-state index is -0.249. The quantitative estimate of drug-likeness (QED) is 0.732. The van der Waals surface area contributed by atoms with Crippen molar-refractivity contribution in [2.24, 2.45) is 0 Å². The summed E-state index contributed by atoms with van der Waals surface area (Å²) in [5.74, 6) is 1.56. The number of amides is 1. The zero-order valence-corrected chi connectivity index (χ0v) is 15.6. The van der Waals surface area contributed by atoms with Gasteiger partial charge in [0.25, 0.3) is 0 Å². The fourth-order valence-corrected chi connectivity index (χ4v) is 3.54. The molecule has 1 amide bonds. The number of nitrogens with one attached hydrogen (secondary N) is 1. The number of rotatable bonds is 7. The Morgan fingerprint density at radius 1 is 1.42 bits per heavy atom. The van der Waals surface area contributed by atoms with Crippen molar-refractivity contribution in [1.82, 2.24) is 19.7 Å². The molecule has 1 aromatic heterocycles. The number of para-hydroxylation sites is 2. The molecule has 1 aliphatic rings. The zero-order valence-electron chi connectivity index (χ0n) is 14.8. The Morgan fingerprint density at radius 2 is 2.19 bits per heavy atom. The van der Waals surface area contributed by atoms with Crippen molar-refractivity contribution >= 4 is 17.7 Å². The molecule has 8 nitrogen and oxygen atoms in total. The average Bonchev–Trinajstić information content (AvgIpc) is 3.00. The molecule has 0 aliphatic carbocycles. The van der Waals surface area contributed by atoms with E-state index in [1.54, 1.807) is 16.5 Å². The lowest BCUT2D eigenvalue weighted by Crippen LogP contribution is -2.42. The Bertz CT molecular complexity index is 819. The summed E-state index contributed by atoms with van der Waals surface area (Å²) < 4.78 is 13.1. The number of ether oxygens (including phenoxy) is 2. The van der Waals surface area contributed by atoms with Crippen LogP contribution in [0.15, 0.2) is 34.2 Å². The molecule has 3 rings (SSSR count). The van der Waals surface area contributed by atoms with E-state index in [-0.39, 0.29) is 23.5 Å². The van der Waals surface area contributed by atoms with Crippen molar-refractivity contribution in [3.63, 3.8) is 0 Å². The second kappa shape index (κ2) is 8.31. The van der Waals surface area contributed by atoms with Crippen LogP contribution in [-0.4, -0.2) is 57.6 Å². The first-order chi connectivity index (χ1) is 12.6.